The van der Waals surface area contributed by atoms with Crippen LogP contribution >= 0.6 is 11.8 Å². The maximum atomic E-state index is 13.4. The predicted molar refractivity (Wildman–Crippen MR) is 114 cm³/mol. The van der Waals surface area contributed by atoms with E-state index in [-0.39, 0.29) is 11.7 Å². The normalized spacial score (nSPS) is 26.1. The zero-order valence-electron chi connectivity index (χ0n) is 17.0. The van der Waals surface area contributed by atoms with Crippen LogP contribution in [-0.2, 0) is 9.59 Å². The molecule has 2 aromatic rings. The van der Waals surface area contributed by atoms with E-state index < -0.39 is 17.1 Å². The Hall–Kier alpha value is -2.73. The molecule has 2 aliphatic rings. The Labute approximate surface area is 175 Å². The molecule has 1 unspecified atom stereocenters. The molecule has 1 saturated heterocycles. The van der Waals surface area contributed by atoms with Crippen LogP contribution in [0.3, 0.4) is 0 Å². The lowest BCUT2D eigenvalue weighted by Crippen LogP contribution is -2.81. The van der Waals surface area contributed by atoms with Crippen LogP contribution in [0, 0.1) is 0 Å². The number of benzene rings is 2. The van der Waals surface area contributed by atoms with Gasteiger partial charge in [0.1, 0.15) is 5.75 Å². The molecule has 2 aliphatic heterocycles. The number of nitrogens with zero attached hydrogens (tertiary/aromatic N) is 2. The largest absolute Gasteiger partial charge is 0.475 e. The Kier molecular flexibility index (Phi) is 4.90. The Balaban J connectivity index is 1.85. The standard InChI is InChI=1S/C23H24N2O3S/c1-15-19(16(2)26)20(17-11-7-5-8-12-17)25-22(27)21(23(25,29-4)24(15)3)28-18-13-9-6-10-14-18/h5-14,20-21H,1-4H3/t20?,21-,23-/m1/s1. The van der Waals surface area contributed by atoms with Crippen molar-refractivity contribution >= 4 is 23.5 Å². The highest BCUT2D eigenvalue weighted by Gasteiger charge is 2.69. The summed E-state index contributed by atoms with van der Waals surface area (Å²) >= 11 is 1.56. The summed E-state index contributed by atoms with van der Waals surface area (Å²) in [5.41, 5.74) is 2.44. The second kappa shape index (κ2) is 7.26. The van der Waals surface area contributed by atoms with Gasteiger partial charge in [0.2, 0.25) is 11.1 Å². The van der Waals surface area contributed by atoms with Crippen LogP contribution < -0.4 is 4.74 Å². The molecular weight excluding hydrogens is 384 g/mol. The lowest BCUT2D eigenvalue weighted by atomic mass is 9.84. The molecule has 0 spiro atoms. The van der Waals surface area contributed by atoms with Crippen LogP contribution in [-0.4, -0.2) is 45.9 Å². The minimum Gasteiger partial charge on any atom is -0.475 e. The Morgan fingerprint density at radius 3 is 2.21 bits per heavy atom. The number of hydrogen-bond donors (Lipinski definition) is 0. The van der Waals surface area contributed by atoms with E-state index in [1.54, 1.807) is 18.7 Å². The number of carbonyl (C=O) groups excluding carboxylic acids is 2. The molecule has 29 heavy (non-hydrogen) atoms. The number of amides is 1. The highest BCUT2D eigenvalue weighted by Crippen LogP contribution is 2.56. The monoisotopic (exact) mass is 408 g/mol. The van der Waals surface area contributed by atoms with E-state index in [1.807, 2.05) is 90.7 Å². The molecular formula is C23H24N2O3S. The van der Waals surface area contributed by atoms with Gasteiger partial charge in [0.15, 0.2) is 5.78 Å². The van der Waals surface area contributed by atoms with Crippen molar-refractivity contribution < 1.29 is 14.3 Å². The number of ether oxygens (including phenoxy) is 1. The second-order valence-corrected chi connectivity index (χ2v) is 8.32. The summed E-state index contributed by atoms with van der Waals surface area (Å²) in [5.74, 6) is 0.510. The maximum Gasteiger partial charge on any atom is 0.272 e. The highest BCUT2D eigenvalue weighted by atomic mass is 32.2. The number of carbonyl (C=O) groups is 2. The molecule has 4 rings (SSSR count). The molecule has 0 aromatic heterocycles. The number of rotatable bonds is 5. The summed E-state index contributed by atoms with van der Waals surface area (Å²) in [5, 5.41) is 0. The Bertz CT molecular complexity index is 976. The summed E-state index contributed by atoms with van der Waals surface area (Å²) in [4.78, 5) is 29.1. The van der Waals surface area contributed by atoms with Gasteiger partial charge in [-0.15, -0.1) is 11.8 Å². The van der Waals surface area contributed by atoms with Crippen LogP contribution in [0.4, 0.5) is 0 Å². The first-order chi connectivity index (χ1) is 13.9. The first-order valence-electron chi connectivity index (χ1n) is 9.54. The van der Waals surface area contributed by atoms with Gasteiger partial charge >= 0.3 is 0 Å². The van der Waals surface area contributed by atoms with Crippen molar-refractivity contribution in [3.63, 3.8) is 0 Å². The number of β-lactam (4-membered cyclic amide) rings is 1. The zero-order valence-corrected chi connectivity index (χ0v) is 17.8. The van der Waals surface area contributed by atoms with Crippen molar-refractivity contribution in [3.05, 3.63) is 77.5 Å². The lowest BCUT2D eigenvalue weighted by molar-refractivity contribution is -0.192. The molecule has 1 fully saturated rings. The Morgan fingerprint density at radius 2 is 1.66 bits per heavy atom. The molecule has 2 aromatic carbocycles. The van der Waals surface area contributed by atoms with Crippen LogP contribution in [0.25, 0.3) is 0 Å². The van der Waals surface area contributed by atoms with Crippen molar-refractivity contribution in [2.75, 3.05) is 13.3 Å². The lowest BCUT2D eigenvalue weighted by Gasteiger charge is -2.64. The van der Waals surface area contributed by atoms with Crippen molar-refractivity contribution in [3.8, 4) is 5.75 Å². The fourth-order valence-electron chi connectivity index (χ4n) is 4.41. The van der Waals surface area contributed by atoms with Crippen LogP contribution in [0.2, 0.25) is 0 Å². The third kappa shape index (κ3) is 2.77. The van der Waals surface area contributed by atoms with Crippen molar-refractivity contribution in [2.45, 2.75) is 31.0 Å². The summed E-state index contributed by atoms with van der Waals surface area (Å²) in [6, 6.07) is 18.7. The number of ketones is 1. The molecule has 1 amide bonds. The third-order valence-electron chi connectivity index (χ3n) is 5.85. The first-order valence-corrected chi connectivity index (χ1v) is 10.8. The van der Waals surface area contributed by atoms with Gasteiger partial charge in [0.25, 0.3) is 5.91 Å². The third-order valence-corrected chi connectivity index (χ3v) is 7.13. The van der Waals surface area contributed by atoms with E-state index >= 15 is 0 Å². The van der Waals surface area contributed by atoms with Gasteiger partial charge < -0.3 is 9.64 Å². The van der Waals surface area contributed by atoms with Gasteiger partial charge in [-0.2, -0.15) is 0 Å². The summed E-state index contributed by atoms with van der Waals surface area (Å²) in [6.07, 6.45) is 1.31. The molecule has 0 N–H and O–H groups in total. The SMILES string of the molecule is CS[C@@]12[C@H](Oc3ccccc3)C(=O)N1C(c1ccccc1)C(C(C)=O)=C(C)N2C. The number of likely N-dealkylation sites (N-methyl/N-ethyl adjacent to an activating group) is 1. The molecule has 0 saturated carbocycles. The molecule has 0 bridgehead atoms. The smallest absolute Gasteiger partial charge is 0.272 e. The minimum atomic E-state index is -0.726. The first kappa shape index (κ1) is 19.6. The van der Waals surface area contributed by atoms with E-state index in [1.165, 1.54) is 0 Å². The fourth-order valence-corrected chi connectivity index (χ4v) is 5.57. The minimum absolute atomic E-state index is 0.0295. The Morgan fingerprint density at radius 1 is 1.07 bits per heavy atom. The van der Waals surface area contributed by atoms with Crippen molar-refractivity contribution in [1.82, 2.24) is 9.80 Å². The number of hydrogen-bond acceptors (Lipinski definition) is 5. The van der Waals surface area contributed by atoms with Gasteiger partial charge in [-0.3, -0.25) is 14.5 Å². The number of Topliss-reactive ketones (excluding diaryl/α,β-unsaturated/α-hetero) is 1. The number of allylic oxidation sites excluding steroid dienone is 1. The van der Waals surface area contributed by atoms with Gasteiger partial charge in [-0.1, -0.05) is 48.5 Å². The molecule has 0 radical (unpaired) electrons. The van der Waals surface area contributed by atoms with Gasteiger partial charge in [-0.05, 0) is 37.8 Å². The van der Waals surface area contributed by atoms with Gasteiger partial charge in [0, 0.05) is 18.3 Å². The molecule has 3 atom stereocenters. The van der Waals surface area contributed by atoms with E-state index in [0.29, 0.717) is 11.3 Å². The van der Waals surface area contributed by atoms with Gasteiger partial charge in [-0.25, -0.2) is 0 Å². The predicted octanol–water partition coefficient (Wildman–Crippen LogP) is 3.84. The average molecular weight is 409 g/mol. The van der Waals surface area contributed by atoms with Crippen LogP contribution in [0.1, 0.15) is 25.5 Å². The van der Waals surface area contributed by atoms with Crippen molar-refractivity contribution in [1.29, 1.82) is 0 Å². The highest BCUT2D eigenvalue weighted by molar-refractivity contribution is 8.00. The summed E-state index contributed by atoms with van der Waals surface area (Å²) in [6.45, 7) is 3.52. The topological polar surface area (TPSA) is 49.9 Å². The van der Waals surface area contributed by atoms with E-state index in [0.717, 1.165) is 11.3 Å². The van der Waals surface area contributed by atoms with E-state index in [9.17, 15) is 9.59 Å². The maximum absolute atomic E-state index is 13.4. The molecule has 5 nitrogen and oxygen atoms in total. The summed E-state index contributed by atoms with van der Waals surface area (Å²) in [7, 11) is 1.93. The second-order valence-electron chi connectivity index (χ2n) is 7.31. The zero-order chi connectivity index (χ0) is 20.8. The average Bonchev–Trinajstić information content (AvgIpc) is 2.74. The molecule has 6 heteroatoms. The molecule has 2 heterocycles. The van der Waals surface area contributed by atoms with Crippen LogP contribution in [0.15, 0.2) is 71.9 Å². The molecule has 150 valence electrons. The molecule has 0 aliphatic carbocycles. The quantitative estimate of drug-likeness (QED) is 0.704. The van der Waals surface area contributed by atoms with E-state index in [4.69, 9.17) is 4.74 Å². The number of para-hydroxylation sites is 1. The van der Waals surface area contributed by atoms with Gasteiger partial charge in [0.05, 0.1) is 6.04 Å². The number of fused-ring (bicyclic) bond motifs is 1. The van der Waals surface area contributed by atoms with Crippen molar-refractivity contribution in [2.24, 2.45) is 0 Å². The summed E-state index contributed by atoms with van der Waals surface area (Å²) < 4.78 is 6.16. The number of thioether (sulfide) groups is 1. The fraction of sp³-hybridized carbons (Fsp3) is 0.304. The van der Waals surface area contributed by atoms with E-state index in [2.05, 4.69) is 0 Å². The van der Waals surface area contributed by atoms with Crippen LogP contribution in [0.5, 0.6) is 5.75 Å².